The fraction of sp³-hybridized carbons (Fsp3) is 0.150. The Labute approximate surface area is 170 Å². The second-order valence-corrected chi connectivity index (χ2v) is 7.02. The Kier molecular flexibility index (Phi) is 6.08. The Balaban J connectivity index is 2.00. The van der Waals surface area contributed by atoms with Crippen molar-refractivity contribution in [3.63, 3.8) is 0 Å². The van der Waals surface area contributed by atoms with Crippen molar-refractivity contribution in [3.05, 3.63) is 80.3 Å². The van der Waals surface area contributed by atoms with Crippen molar-refractivity contribution in [3.8, 4) is 5.75 Å². The molecule has 0 N–H and O–H groups in total. The molecule has 0 saturated carbocycles. The summed E-state index contributed by atoms with van der Waals surface area (Å²) in [4.78, 5) is 17.4. The van der Waals surface area contributed by atoms with Gasteiger partial charge < -0.3 is 4.74 Å². The van der Waals surface area contributed by atoms with Crippen LogP contribution in [0.3, 0.4) is 0 Å². The average molecular weight is 447 g/mol. The molecule has 0 radical (unpaired) electrons. The number of benzene rings is 2. The van der Waals surface area contributed by atoms with E-state index in [4.69, 9.17) is 16.3 Å². The van der Waals surface area contributed by atoms with Crippen molar-refractivity contribution in [1.29, 1.82) is 0 Å². The predicted octanol–water partition coefficient (Wildman–Crippen LogP) is 4.82. The Hall–Kier alpha value is -2.44. The first-order valence-electron chi connectivity index (χ1n) is 8.32. The third kappa shape index (κ3) is 4.28. The molecule has 1 heterocycles. The number of aryl methyl sites for hydroxylation is 1. The average Bonchev–Trinajstić information content (AvgIpc) is 2.66. The highest BCUT2D eigenvalue weighted by molar-refractivity contribution is 9.10. The van der Waals surface area contributed by atoms with Crippen LogP contribution in [0.25, 0.3) is 10.9 Å². The smallest absolute Gasteiger partial charge is 0.282 e. The third-order valence-corrected chi connectivity index (χ3v) is 4.62. The zero-order valence-electron chi connectivity index (χ0n) is 14.7. The minimum absolute atomic E-state index is 0.216. The van der Waals surface area contributed by atoms with Crippen LogP contribution in [0.15, 0.2) is 63.4 Å². The number of halogens is 2. The first-order chi connectivity index (χ1) is 13.0. The van der Waals surface area contributed by atoms with Gasteiger partial charge in [0.15, 0.2) is 0 Å². The van der Waals surface area contributed by atoms with E-state index in [-0.39, 0.29) is 5.56 Å². The molecule has 1 aromatic heterocycles. The second-order valence-electron chi connectivity index (χ2n) is 5.69. The van der Waals surface area contributed by atoms with Crippen molar-refractivity contribution >= 4 is 44.6 Å². The van der Waals surface area contributed by atoms with E-state index in [1.54, 1.807) is 30.5 Å². The van der Waals surface area contributed by atoms with Crippen LogP contribution in [0.1, 0.15) is 18.3 Å². The lowest BCUT2D eigenvalue weighted by molar-refractivity contribution is 0.363. The minimum Gasteiger partial charge on any atom is -0.488 e. The van der Waals surface area contributed by atoms with Crippen molar-refractivity contribution in [2.45, 2.75) is 13.3 Å². The van der Waals surface area contributed by atoms with Crippen LogP contribution in [0.5, 0.6) is 5.75 Å². The molecule has 2 aromatic carbocycles. The van der Waals surface area contributed by atoms with E-state index in [0.717, 1.165) is 10.0 Å². The maximum atomic E-state index is 12.9. The third-order valence-electron chi connectivity index (χ3n) is 3.83. The molecule has 0 fully saturated rings. The Morgan fingerprint density at radius 3 is 2.85 bits per heavy atom. The number of rotatable bonds is 6. The molecule has 7 heteroatoms. The van der Waals surface area contributed by atoms with Crippen molar-refractivity contribution in [2.24, 2.45) is 5.10 Å². The first kappa shape index (κ1) is 19.3. The van der Waals surface area contributed by atoms with Crippen molar-refractivity contribution in [1.82, 2.24) is 9.66 Å². The molecule has 0 aliphatic rings. The quantitative estimate of drug-likeness (QED) is 0.403. The fourth-order valence-electron chi connectivity index (χ4n) is 2.53. The van der Waals surface area contributed by atoms with Gasteiger partial charge in [-0.25, -0.2) is 4.98 Å². The standard InChI is InChI=1S/C20H17BrClN3O2/c1-3-9-27-18-8-5-13(10-16(18)22)12-23-25-19(4-2)24-17-7-6-14(21)11-15(17)20(25)26/h3,5-8,10-12H,1,4,9H2,2H3. The Bertz CT molecular complexity index is 1090. The first-order valence-corrected chi connectivity index (χ1v) is 9.49. The zero-order valence-corrected chi connectivity index (χ0v) is 17.0. The lowest BCUT2D eigenvalue weighted by Crippen LogP contribution is -2.22. The van der Waals surface area contributed by atoms with Gasteiger partial charge in [0.1, 0.15) is 18.2 Å². The van der Waals surface area contributed by atoms with E-state index in [0.29, 0.717) is 40.5 Å². The van der Waals surface area contributed by atoms with Gasteiger partial charge in [0.2, 0.25) is 0 Å². The molecular weight excluding hydrogens is 430 g/mol. The van der Waals surface area contributed by atoms with Crippen molar-refractivity contribution in [2.75, 3.05) is 6.61 Å². The van der Waals surface area contributed by atoms with Crippen molar-refractivity contribution < 1.29 is 4.74 Å². The predicted molar refractivity (Wildman–Crippen MR) is 113 cm³/mol. The normalized spacial score (nSPS) is 11.2. The van der Waals surface area contributed by atoms with E-state index in [1.807, 2.05) is 25.1 Å². The van der Waals surface area contributed by atoms with Gasteiger partial charge in [-0.1, -0.05) is 47.1 Å². The van der Waals surface area contributed by atoms with E-state index in [1.165, 1.54) is 4.68 Å². The summed E-state index contributed by atoms with van der Waals surface area (Å²) in [6, 6.07) is 10.7. The van der Waals surface area contributed by atoms with Gasteiger partial charge in [-0.05, 0) is 42.0 Å². The van der Waals surface area contributed by atoms with Gasteiger partial charge >= 0.3 is 0 Å². The summed E-state index contributed by atoms with van der Waals surface area (Å²) in [6.07, 6.45) is 3.80. The number of hydrogen-bond donors (Lipinski definition) is 0. The van der Waals surface area contributed by atoms with Gasteiger partial charge in [0.25, 0.3) is 5.56 Å². The second kappa shape index (κ2) is 8.50. The Morgan fingerprint density at radius 1 is 1.33 bits per heavy atom. The molecular formula is C20H17BrClN3O2. The molecule has 0 aliphatic heterocycles. The summed E-state index contributed by atoms with van der Waals surface area (Å²) in [5, 5.41) is 5.31. The van der Waals surface area contributed by atoms with Gasteiger partial charge in [-0.2, -0.15) is 9.78 Å². The number of aromatic nitrogens is 2. The molecule has 0 unspecified atom stereocenters. The SMILES string of the molecule is C=CCOc1ccc(C=Nn2c(CC)nc3ccc(Br)cc3c2=O)cc1Cl. The fourth-order valence-corrected chi connectivity index (χ4v) is 3.13. The lowest BCUT2D eigenvalue weighted by atomic mass is 10.2. The molecule has 0 amide bonds. The number of fused-ring (bicyclic) bond motifs is 1. The largest absolute Gasteiger partial charge is 0.488 e. The maximum absolute atomic E-state index is 12.9. The van der Waals surface area contributed by atoms with Crippen LogP contribution < -0.4 is 10.3 Å². The summed E-state index contributed by atoms with van der Waals surface area (Å²) >= 11 is 9.61. The molecule has 0 aliphatic carbocycles. The summed E-state index contributed by atoms with van der Waals surface area (Å²) in [7, 11) is 0. The summed E-state index contributed by atoms with van der Waals surface area (Å²) < 4.78 is 7.59. The zero-order chi connectivity index (χ0) is 19.4. The van der Waals surface area contributed by atoms with Crippen LogP contribution >= 0.6 is 27.5 Å². The number of nitrogens with zero attached hydrogens (tertiary/aromatic N) is 3. The van der Waals surface area contributed by atoms with E-state index < -0.39 is 0 Å². The molecule has 3 aromatic rings. The molecule has 0 spiro atoms. The van der Waals surface area contributed by atoms with Gasteiger partial charge in [-0.3, -0.25) is 4.79 Å². The summed E-state index contributed by atoms with van der Waals surface area (Å²) in [5.74, 6) is 1.15. The summed E-state index contributed by atoms with van der Waals surface area (Å²) in [6.45, 7) is 5.91. The molecule has 27 heavy (non-hydrogen) atoms. The number of ether oxygens (including phenoxy) is 1. The molecule has 138 valence electrons. The number of hydrogen-bond acceptors (Lipinski definition) is 4. The molecule has 3 rings (SSSR count). The monoisotopic (exact) mass is 445 g/mol. The van der Waals surface area contributed by atoms with Crippen LogP contribution in [-0.2, 0) is 6.42 Å². The molecule has 0 bridgehead atoms. The highest BCUT2D eigenvalue weighted by Crippen LogP contribution is 2.25. The molecule has 5 nitrogen and oxygen atoms in total. The highest BCUT2D eigenvalue weighted by Gasteiger charge is 2.10. The lowest BCUT2D eigenvalue weighted by Gasteiger charge is -2.08. The van der Waals surface area contributed by atoms with Gasteiger partial charge in [0.05, 0.1) is 22.1 Å². The molecule has 0 saturated heterocycles. The van der Waals surface area contributed by atoms with Crippen LogP contribution in [-0.4, -0.2) is 22.5 Å². The van der Waals surface area contributed by atoms with Gasteiger partial charge in [0, 0.05) is 10.9 Å². The van der Waals surface area contributed by atoms with Crippen LogP contribution in [0.4, 0.5) is 0 Å². The van der Waals surface area contributed by atoms with E-state index in [9.17, 15) is 4.79 Å². The summed E-state index contributed by atoms with van der Waals surface area (Å²) in [5.41, 5.74) is 1.18. The minimum atomic E-state index is -0.216. The van der Waals surface area contributed by atoms with Crippen LogP contribution in [0.2, 0.25) is 5.02 Å². The van der Waals surface area contributed by atoms with Gasteiger partial charge in [-0.15, -0.1) is 0 Å². The Morgan fingerprint density at radius 2 is 2.15 bits per heavy atom. The highest BCUT2D eigenvalue weighted by atomic mass is 79.9. The topological polar surface area (TPSA) is 56.5 Å². The maximum Gasteiger partial charge on any atom is 0.282 e. The van der Waals surface area contributed by atoms with E-state index >= 15 is 0 Å². The molecule has 0 atom stereocenters. The van der Waals surface area contributed by atoms with Crippen LogP contribution in [0, 0.1) is 0 Å². The van der Waals surface area contributed by atoms with E-state index in [2.05, 4.69) is 32.6 Å².